The highest BCUT2D eigenvalue weighted by molar-refractivity contribution is 7.14. The number of ketones is 1. The lowest BCUT2D eigenvalue weighted by atomic mass is 9.96. The Balaban J connectivity index is 2.14. The lowest BCUT2D eigenvalue weighted by molar-refractivity contribution is 0.0927. The van der Waals surface area contributed by atoms with Crippen molar-refractivity contribution >= 4 is 17.1 Å². The monoisotopic (exact) mass is 236 g/mol. The molecule has 1 unspecified atom stereocenters. The van der Waals surface area contributed by atoms with E-state index in [0.29, 0.717) is 5.78 Å². The third kappa shape index (κ3) is 2.37. The maximum absolute atomic E-state index is 12.2. The van der Waals surface area contributed by atoms with Gasteiger partial charge < -0.3 is 0 Å². The van der Waals surface area contributed by atoms with Crippen LogP contribution in [0.4, 0.5) is 0 Å². The Kier molecular flexibility index (Phi) is 3.80. The minimum atomic E-state index is 0.199. The van der Waals surface area contributed by atoms with Gasteiger partial charge in [0, 0.05) is 10.8 Å². The van der Waals surface area contributed by atoms with E-state index < -0.39 is 0 Å². The van der Waals surface area contributed by atoms with Crippen molar-refractivity contribution < 1.29 is 4.79 Å². The highest BCUT2D eigenvalue weighted by Gasteiger charge is 2.20. The van der Waals surface area contributed by atoms with E-state index in [9.17, 15) is 4.79 Å². The van der Waals surface area contributed by atoms with Gasteiger partial charge >= 0.3 is 0 Å². The molecule has 1 heterocycles. The average molecular weight is 236 g/mol. The molecule has 2 heteroatoms. The van der Waals surface area contributed by atoms with Gasteiger partial charge in [0.25, 0.3) is 0 Å². The lowest BCUT2D eigenvalue weighted by Crippen LogP contribution is -2.09. The lowest BCUT2D eigenvalue weighted by Gasteiger charge is -2.08. The van der Waals surface area contributed by atoms with Crippen molar-refractivity contribution in [3.63, 3.8) is 0 Å². The fourth-order valence-corrected chi connectivity index (χ4v) is 3.73. The van der Waals surface area contributed by atoms with Gasteiger partial charge in [-0.2, -0.15) is 0 Å². The van der Waals surface area contributed by atoms with Crippen LogP contribution in [0.3, 0.4) is 0 Å². The Labute approximate surface area is 102 Å². The zero-order chi connectivity index (χ0) is 11.5. The predicted molar refractivity (Wildman–Crippen MR) is 69.4 cm³/mol. The first-order valence-electron chi connectivity index (χ1n) is 6.38. The summed E-state index contributed by atoms with van der Waals surface area (Å²) in [5.74, 6) is 0.561. The molecule has 0 radical (unpaired) electrons. The molecule has 1 aromatic rings. The summed E-state index contributed by atoms with van der Waals surface area (Å²) in [6.45, 7) is 4.20. The summed E-state index contributed by atoms with van der Waals surface area (Å²) >= 11 is 1.75. The standard InChI is InChI=1S/C14H20OS/c1-3-6-10(2)14(15)13-9-11-7-4-5-8-12(11)16-13/h9-10H,3-8H2,1-2H3. The molecule has 0 saturated carbocycles. The minimum absolute atomic E-state index is 0.199. The Morgan fingerprint density at radius 3 is 2.88 bits per heavy atom. The third-order valence-corrected chi connectivity index (χ3v) is 4.66. The van der Waals surface area contributed by atoms with Gasteiger partial charge in [-0.3, -0.25) is 4.79 Å². The summed E-state index contributed by atoms with van der Waals surface area (Å²) in [6.07, 6.45) is 7.07. The van der Waals surface area contributed by atoms with E-state index in [1.807, 2.05) is 0 Å². The molecule has 16 heavy (non-hydrogen) atoms. The molecule has 1 aliphatic rings. The Morgan fingerprint density at radius 2 is 2.19 bits per heavy atom. The SMILES string of the molecule is CCCC(C)C(=O)c1cc2c(s1)CCCC2. The molecule has 0 aliphatic heterocycles. The number of thiophene rings is 1. The van der Waals surface area contributed by atoms with E-state index in [0.717, 1.165) is 17.7 Å². The molecule has 0 amide bonds. The summed E-state index contributed by atoms with van der Waals surface area (Å²) in [6, 6.07) is 2.16. The molecule has 0 saturated heterocycles. The van der Waals surface area contributed by atoms with Crippen molar-refractivity contribution in [2.75, 3.05) is 0 Å². The number of carbonyl (C=O) groups excluding carboxylic acids is 1. The summed E-state index contributed by atoms with van der Waals surface area (Å²) < 4.78 is 0. The molecule has 1 nitrogen and oxygen atoms in total. The van der Waals surface area contributed by atoms with E-state index in [1.165, 1.54) is 36.1 Å². The van der Waals surface area contributed by atoms with E-state index in [2.05, 4.69) is 19.9 Å². The second kappa shape index (κ2) is 5.13. The minimum Gasteiger partial charge on any atom is -0.293 e. The van der Waals surface area contributed by atoms with E-state index in [-0.39, 0.29) is 5.92 Å². The first-order chi connectivity index (χ1) is 7.72. The zero-order valence-electron chi connectivity index (χ0n) is 10.2. The van der Waals surface area contributed by atoms with Crippen LogP contribution in [0.2, 0.25) is 0 Å². The van der Waals surface area contributed by atoms with Crippen LogP contribution in [0.1, 0.15) is 59.6 Å². The summed E-state index contributed by atoms with van der Waals surface area (Å²) in [5, 5.41) is 0. The molecular formula is C14H20OS. The fraction of sp³-hybridized carbons (Fsp3) is 0.643. The number of carbonyl (C=O) groups is 1. The number of Topliss-reactive ketones (excluding diaryl/α,β-unsaturated/α-hetero) is 1. The molecule has 1 aliphatic carbocycles. The van der Waals surface area contributed by atoms with Gasteiger partial charge in [-0.25, -0.2) is 0 Å². The average Bonchev–Trinajstić information content (AvgIpc) is 2.71. The number of hydrogen-bond acceptors (Lipinski definition) is 2. The highest BCUT2D eigenvalue weighted by Crippen LogP contribution is 2.31. The van der Waals surface area contributed by atoms with Crippen LogP contribution >= 0.6 is 11.3 Å². The Morgan fingerprint density at radius 1 is 1.44 bits per heavy atom. The summed E-state index contributed by atoms with van der Waals surface area (Å²) in [4.78, 5) is 14.6. The highest BCUT2D eigenvalue weighted by atomic mass is 32.1. The predicted octanol–water partition coefficient (Wildman–Crippen LogP) is 4.25. The first kappa shape index (κ1) is 11.8. The van der Waals surface area contributed by atoms with Crippen molar-refractivity contribution in [2.24, 2.45) is 5.92 Å². The van der Waals surface area contributed by atoms with Gasteiger partial charge in [0.15, 0.2) is 5.78 Å². The summed E-state index contributed by atoms with van der Waals surface area (Å²) in [5.41, 5.74) is 1.45. The van der Waals surface area contributed by atoms with Crippen molar-refractivity contribution in [1.29, 1.82) is 0 Å². The van der Waals surface area contributed by atoms with Gasteiger partial charge in [0.1, 0.15) is 0 Å². The van der Waals surface area contributed by atoms with Crippen LogP contribution in [0.25, 0.3) is 0 Å². The number of rotatable bonds is 4. The molecule has 0 aromatic carbocycles. The number of hydrogen-bond donors (Lipinski definition) is 0. The molecule has 0 N–H and O–H groups in total. The normalized spacial score (nSPS) is 16.9. The van der Waals surface area contributed by atoms with Crippen LogP contribution in [0.15, 0.2) is 6.07 Å². The molecule has 88 valence electrons. The number of aryl methyl sites for hydroxylation is 2. The Bertz CT molecular complexity index is 355. The smallest absolute Gasteiger partial charge is 0.175 e. The van der Waals surface area contributed by atoms with Gasteiger partial charge in [-0.15, -0.1) is 11.3 Å². The quantitative estimate of drug-likeness (QED) is 0.714. The van der Waals surface area contributed by atoms with Crippen molar-refractivity contribution in [2.45, 2.75) is 52.4 Å². The maximum atomic E-state index is 12.2. The number of fused-ring (bicyclic) bond motifs is 1. The maximum Gasteiger partial charge on any atom is 0.175 e. The second-order valence-corrected chi connectivity index (χ2v) is 5.96. The van der Waals surface area contributed by atoms with Crippen molar-refractivity contribution in [1.82, 2.24) is 0 Å². The van der Waals surface area contributed by atoms with Gasteiger partial charge in [0.2, 0.25) is 0 Å². The third-order valence-electron chi connectivity index (χ3n) is 3.41. The van der Waals surface area contributed by atoms with Crippen LogP contribution < -0.4 is 0 Å². The molecule has 0 fully saturated rings. The zero-order valence-corrected chi connectivity index (χ0v) is 11.0. The largest absolute Gasteiger partial charge is 0.293 e. The Hall–Kier alpha value is -0.630. The van der Waals surface area contributed by atoms with Crippen molar-refractivity contribution in [3.8, 4) is 0 Å². The van der Waals surface area contributed by atoms with Crippen LogP contribution in [-0.2, 0) is 12.8 Å². The molecule has 1 aromatic heterocycles. The second-order valence-electron chi connectivity index (χ2n) is 4.82. The molecular weight excluding hydrogens is 216 g/mol. The topological polar surface area (TPSA) is 17.1 Å². The van der Waals surface area contributed by atoms with Crippen molar-refractivity contribution in [3.05, 3.63) is 21.4 Å². The van der Waals surface area contributed by atoms with E-state index in [4.69, 9.17) is 0 Å². The fourth-order valence-electron chi connectivity index (χ4n) is 2.42. The van der Waals surface area contributed by atoms with Crippen LogP contribution in [0.5, 0.6) is 0 Å². The van der Waals surface area contributed by atoms with E-state index in [1.54, 1.807) is 11.3 Å². The van der Waals surface area contributed by atoms with Gasteiger partial charge in [0.05, 0.1) is 4.88 Å². The molecule has 2 rings (SSSR count). The molecule has 1 atom stereocenters. The van der Waals surface area contributed by atoms with Gasteiger partial charge in [-0.1, -0.05) is 20.3 Å². The van der Waals surface area contributed by atoms with Crippen LogP contribution in [0, 0.1) is 5.92 Å². The molecule has 0 spiro atoms. The first-order valence-corrected chi connectivity index (χ1v) is 7.19. The van der Waals surface area contributed by atoms with Gasteiger partial charge in [-0.05, 0) is 43.7 Å². The van der Waals surface area contributed by atoms with E-state index >= 15 is 0 Å². The van der Waals surface area contributed by atoms with Crippen LogP contribution in [-0.4, -0.2) is 5.78 Å². The molecule has 0 bridgehead atoms. The summed E-state index contributed by atoms with van der Waals surface area (Å²) in [7, 11) is 0.